The van der Waals surface area contributed by atoms with E-state index in [1.165, 1.54) is 17.8 Å². The topological polar surface area (TPSA) is 69.9 Å². The Morgan fingerprint density at radius 1 is 1.32 bits per heavy atom. The SMILES string of the molecule is COCCn1cc(OC)sc1=NC(=O)C12CC3CC(CC(C3)C1=O)C2. The number of carbonyl (C=O) groups excluding carboxylic acids is 2. The predicted octanol–water partition coefficient (Wildman–Crippen LogP) is 2.03. The van der Waals surface area contributed by atoms with Gasteiger partial charge in [0.05, 0.1) is 19.9 Å². The van der Waals surface area contributed by atoms with Gasteiger partial charge in [-0.3, -0.25) is 9.59 Å². The maximum atomic E-state index is 13.1. The Hall–Kier alpha value is -1.47. The lowest BCUT2D eigenvalue weighted by molar-refractivity contribution is -0.160. The van der Waals surface area contributed by atoms with Gasteiger partial charge in [0.1, 0.15) is 5.41 Å². The zero-order valence-electron chi connectivity index (χ0n) is 14.7. The van der Waals surface area contributed by atoms with E-state index < -0.39 is 5.41 Å². The van der Waals surface area contributed by atoms with Crippen molar-refractivity contribution in [3.63, 3.8) is 0 Å². The first kappa shape index (κ1) is 17.0. The third-order valence-electron chi connectivity index (χ3n) is 6.06. The standard InChI is InChI=1S/C18H24N2O4S/c1-23-4-3-20-10-14(24-2)25-17(20)19-16(22)18-8-11-5-12(9-18)7-13(6-11)15(18)21/h10-13H,3-9H2,1-2H3. The van der Waals surface area contributed by atoms with Crippen LogP contribution in [-0.4, -0.2) is 37.1 Å². The summed E-state index contributed by atoms with van der Waals surface area (Å²) < 4.78 is 12.3. The lowest BCUT2D eigenvalue weighted by Crippen LogP contribution is -2.56. The van der Waals surface area contributed by atoms with E-state index in [4.69, 9.17) is 9.47 Å². The van der Waals surface area contributed by atoms with Gasteiger partial charge in [-0.15, -0.1) is 0 Å². The summed E-state index contributed by atoms with van der Waals surface area (Å²) in [5.41, 5.74) is -0.856. The first-order valence-corrected chi connectivity index (χ1v) is 9.74. The minimum Gasteiger partial charge on any atom is -0.486 e. The van der Waals surface area contributed by atoms with Crippen LogP contribution in [0.1, 0.15) is 32.1 Å². The minimum atomic E-state index is -0.856. The smallest absolute Gasteiger partial charge is 0.262 e. The number of methoxy groups -OCH3 is 2. The number of amides is 1. The molecule has 0 spiro atoms. The number of hydrogen-bond acceptors (Lipinski definition) is 5. The Morgan fingerprint density at radius 3 is 2.68 bits per heavy atom. The molecule has 4 bridgehead atoms. The quantitative estimate of drug-likeness (QED) is 0.750. The molecular weight excluding hydrogens is 340 g/mol. The molecule has 0 N–H and O–H groups in total. The Bertz CT molecular complexity index is 751. The van der Waals surface area contributed by atoms with Crippen LogP contribution in [0.15, 0.2) is 11.2 Å². The number of aromatic nitrogens is 1. The maximum Gasteiger partial charge on any atom is 0.262 e. The van der Waals surface area contributed by atoms with Crippen LogP contribution in [0.2, 0.25) is 0 Å². The summed E-state index contributed by atoms with van der Waals surface area (Å²) in [4.78, 5) is 31.0. The van der Waals surface area contributed by atoms with Gasteiger partial charge in [0.25, 0.3) is 5.91 Å². The Kier molecular flexibility index (Phi) is 4.32. The van der Waals surface area contributed by atoms with E-state index in [0.29, 0.717) is 47.7 Å². The molecule has 1 heterocycles. The van der Waals surface area contributed by atoms with Crippen LogP contribution in [0.5, 0.6) is 5.06 Å². The summed E-state index contributed by atoms with van der Waals surface area (Å²) in [6, 6.07) is 0. The fourth-order valence-corrected chi connectivity index (χ4v) is 5.97. The lowest BCUT2D eigenvalue weighted by atomic mass is 9.48. The lowest BCUT2D eigenvalue weighted by Gasteiger charge is -2.53. The van der Waals surface area contributed by atoms with Gasteiger partial charge < -0.3 is 14.0 Å². The van der Waals surface area contributed by atoms with Gasteiger partial charge in [-0.25, -0.2) is 0 Å². The summed E-state index contributed by atoms with van der Waals surface area (Å²) in [5, 5.41) is 0.694. The van der Waals surface area contributed by atoms with Gasteiger partial charge in [0.15, 0.2) is 15.6 Å². The number of thiazole rings is 1. The summed E-state index contributed by atoms with van der Waals surface area (Å²) in [5.74, 6) is 1.04. The van der Waals surface area contributed by atoms with Crippen LogP contribution in [0.3, 0.4) is 0 Å². The molecule has 1 aromatic rings. The van der Waals surface area contributed by atoms with E-state index in [9.17, 15) is 9.59 Å². The van der Waals surface area contributed by atoms with Crippen LogP contribution in [0.25, 0.3) is 0 Å². The molecule has 0 radical (unpaired) electrons. The summed E-state index contributed by atoms with van der Waals surface area (Å²) >= 11 is 1.33. The van der Waals surface area contributed by atoms with Crippen LogP contribution >= 0.6 is 11.3 Å². The highest BCUT2D eigenvalue weighted by molar-refractivity contribution is 7.11. The molecule has 2 atom stereocenters. The number of hydrogen-bond donors (Lipinski definition) is 0. The van der Waals surface area contributed by atoms with Gasteiger partial charge in [0.2, 0.25) is 0 Å². The molecule has 25 heavy (non-hydrogen) atoms. The second-order valence-corrected chi connectivity index (χ2v) is 8.60. The van der Waals surface area contributed by atoms with Crippen molar-refractivity contribution in [1.82, 2.24) is 4.57 Å². The molecule has 0 aliphatic heterocycles. The number of ketones is 1. The number of ether oxygens (including phenoxy) is 2. The molecule has 1 aromatic heterocycles. The average Bonchev–Trinajstić information content (AvgIpc) is 2.98. The summed E-state index contributed by atoms with van der Waals surface area (Å²) in [6.07, 6.45) is 6.36. The summed E-state index contributed by atoms with van der Waals surface area (Å²) in [6.45, 7) is 1.12. The molecule has 136 valence electrons. The van der Waals surface area contributed by atoms with E-state index >= 15 is 0 Å². The first-order valence-electron chi connectivity index (χ1n) is 8.92. The van der Waals surface area contributed by atoms with E-state index in [1.807, 2.05) is 10.8 Å². The van der Waals surface area contributed by atoms with Gasteiger partial charge in [-0.2, -0.15) is 4.99 Å². The molecule has 6 nitrogen and oxygen atoms in total. The predicted molar refractivity (Wildman–Crippen MR) is 92.3 cm³/mol. The van der Waals surface area contributed by atoms with Crippen molar-refractivity contribution in [1.29, 1.82) is 0 Å². The van der Waals surface area contributed by atoms with Crippen molar-refractivity contribution in [2.75, 3.05) is 20.8 Å². The third kappa shape index (κ3) is 2.77. The Balaban J connectivity index is 1.68. The van der Waals surface area contributed by atoms with Gasteiger partial charge in [0, 0.05) is 19.6 Å². The van der Waals surface area contributed by atoms with Crippen molar-refractivity contribution >= 4 is 23.0 Å². The molecule has 4 aliphatic rings. The fourth-order valence-electron chi connectivity index (χ4n) is 5.14. The van der Waals surface area contributed by atoms with E-state index in [2.05, 4.69) is 4.99 Å². The first-order chi connectivity index (χ1) is 12.1. The zero-order chi connectivity index (χ0) is 17.6. The molecule has 4 fully saturated rings. The van der Waals surface area contributed by atoms with E-state index in [0.717, 1.165) is 12.8 Å². The number of nitrogens with zero attached hydrogens (tertiary/aromatic N) is 2. The molecular formula is C18H24N2O4S. The maximum absolute atomic E-state index is 13.1. The van der Waals surface area contributed by atoms with Crippen LogP contribution < -0.4 is 9.54 Å². The van der Waals surface area contributed by atoms with Crippen molar-refractivity contribution in [2.45, 2.75) is 38.6 Å². The molecule has 0 aromatic carbocycles. The molecule has 1 amide bonds. The molecule has 2 unspecified atom stereocenters. The largest absolute Gasteiger partial charge is 0.486 e. The van der Waals surface area contributed by atoms with Crippen LogP contribution in [0, 0.1) is 23.2 Å². The van der Waals surface area contributed by atoms with E-state index in [-0.39, 0.29) is 17.6 Å². The normalized spacial score (nSPS) is 33.9. The van der Waals surface area contributed by atoms with Crippen LogP contribution in [-0.2, 0) is 20.9 Å². The van der Waals surface area contributed by atoms with Crippen molar-refractivity contribution in [3.05, 3.63) is 11.0 Å². The van der Waals surface area contributed by atoms with Crippen molar-refractivity contribution in [2.24, 2.45) is 28.2 Å². The van der Waals surface area contributed by atoms with Gasteiger partial charge >= 0.3 is 0 Å². The zero-order valence-corrected chi connectivity index (χ0v) is 15.5. The Labute approximate surface area is 150 Å². The van der Waals surface area contributed by atoms with Crippen LogP contribution in [0.4, 0.5) is 0 Å². The molecule has 7 heteroatoms. The Morgan fingerprint density at radius 2 is 2.04 bits per heavy atom. The molecule has 4 aliphatic carbocycles. The van der Waals surface area contributed by atoms with Crippen molar-refractivity contribution < 1.29 is 19.1 Å². The number of rotatable bonds is 5. The molecule has 0 saturated heterocycles. The number of Topliss-reactive ketones (excluding diaryl/α,β-unsaturated/α-hetero) is 1. The number of carbonyl (C=O) groups is 2. The average molecular weight is 364 g/mol. The highest BCUT2D eigenvalue weighted by atomic mass is 32.1. The molecule has 5 rings (SSSR count). The monoisotopic (exact) mass is 364 g/mol. The minimum absolute atomic E-state index is 0.0869. The fraction of sp³-hybridized carbons (Fsp3) is 0.722. The van der Waals surface area contributed by atoms with Crippen molar-refractivity contribution in [3.8, 4) is 5.06 Å². The highest BCUT2D eigenvalue weighted by Gasteiger charge is 2.60. The molecule has 4 saturated carbocycles. The van der Waals surface area contributed by atoms with Gasteiger partial charge in [-0.1, -0.05) is 11.3 Å². The van der Waals surface area contributed by atoms with E-state index in [1.54, 1.807) is 14.2 Å². The second kappa shape index (κ2) is 6.36. The third-order valence-corrected chi connectivity index (χ3v) is 7.04. The summed E-state index contributed by atoms with van der Waals surface area (Å²) in [7, 11) is 3.24. The highest BCUT2D eigenvalue weighted by Crippen LogP contribution is 2.58. The second-order valence-electron chi connectivity index (χ2n) is 7.63. The van der Waals surface area contributed by atoms with Gasteiger partial charge in [-0.05, 0) is 43.9 Å².